The van der Waals surface area contributed by atoms with Crippen molar-refractivity contribution in [3.05, 3.63) is 74.2 Å². The fourth-order valence-corrected chi connectivity index (χ4v) is 10.6. The van der Waals surface area contributed by atoms with Crippen molar-refractivity contribution >= 4 is 52.5 Å². The molecule has 3 fully saturated rings. The van der Waals surface area contributed by atoms with E-state index in [1.165, 1.54) is 11.3 Å². The molecule has 2 aromatic carbocycles. The Morgan fingerprint density at radius 2 is 1.70 bits per heavy atom. The van der Waals surface area contributed by atoms with E-state index in [0.717, 1.165) is 32.5 Å². The Kier molecular flexibility index (Phi) is 6.93. The van der Waals surface area contributed by atoms with Crippen LogP contribution in [0.3, 0.4) is 0 Å². The van der Waals surface area contributed by atoms with Gasteiger partial charge in [0.1, 0.15) is 12.3 Å². The molecule has 1 aromatic heterocycles. The molecule has 0 radical (unpaired) electrons. The lowest BCUT2D eigenvalue weighted by molar-refractivity contribution is -0.143. The van der Waals surface area contributed by atoms with E-state index in [2.05, 4.69) is 10.3 Å². The zero-order valence-electron chi connectivity index (χ0n) is 23.4. The first-order chi connectivity index (χ1) is 20.8. The van der Waals surface area contributed by atoms with Gasteiger partial charge in [-0.1, -0.05) is 23.5 Å². The maximum atomic E-state index is 13.8. The van der Waals surface area contributed by atoms with Crippen LogP contribution in [-0.4, -0.2) is 59.1 Å². The maximum absolute atomic E-state index is 13.8. The van der Waals surface area contributed by atoms with Crippen molar-refractivity contribution in [2.24, 2.45) is 29.6 Å². The molecule has 2 aliphatic carbocycles. The number of carbonyl (C=O) groups is 4. The molecule has 2 aliphatic heterocycles. The summed E-state index contributed by atoms with van der Waals surface area (Å²) in [5.74, 6) is -1.80. The molecule has 12 heteroatoms. The number of thioether (sulfide) groups is 1. The summed E-state index contributed by atoms with van der Waals surface area (Å²) in [4.78, 5) is 69.8. The van der Waals surface area contributed by atoms with Gasteiger partial charge in [0.2, 0.25) is 17.7 Å². The van der Waals surface area contributed by atoms with Crippen molar-refractivity contribution in [2.75, 3.05) is 25.6 Å². The number of hydrogen-bond donors (Lipinski definition) is 2. The number of likely N-dealkylation sites (tertiary alicyclic amines) is 1. The highest BCUT2D eigenvalue weighted by atomic mass is 32.2. The molecule has 7 rings (SSSR count). The summed E-state index contributed by atoms with van der Waals surface area (Å²) in [6.07, 6.45) is 0.772. The van der Waals surface area contributed by atoms with Gasteiger partial charge in [-0.25, -0.2) is 4.79 Å². The number of nitrogens with one attached hydrogen (secondary N) is 2. The summed E-state index contributed by atoms with van der Waals surface area (Å²) in [5.41, 5.74) is 1.86. The van der Waals surface area contributed by atoms with Crippen LogP contribution in [0.2, 0.25) is 0 Å². The standard InChI is InChI=1S/C31H29N3O7S2/c1-3-41-30(38)15-4-8-16(9-5-15)32-20(35)13-34-28(36)23-18-12-19(24(23)29(34)37)25-22(18)21(14-6-10-17(40-2)11-7-14)26-27(42-25)33-31(39)43-26/h4-11,18-19,21-25H,3,12-13H2,1-2H3,(H,32,35)(H,33,39). The largest absolute Gasteiger partial charge is 0.497 e. The second kappa shape index (κ2) is 10.7. The third-order valence-electron chi connectivity index (χ3n) is 9.27. The normalized spacial score (nSPS) is 28.3. The molecule has 2 N–H and O–H groups in total. The number of ether oxygens (including phenoxy) is 2. The molecular formula is C31H29N3O7S2. The van der Waals surface area contributed by atoms with E-state index in [0.29, 0.717) is 11.3 Å². The Hall–Kier alpha value is -3.90. The van der Waals surface area contributed by atoms with Crippen LogP contribution in [0, 0.1) is 29.6 Å². The van der Waals surface area contributed by atoms with Gasteiger partial charge in [-0.15, -0.1) is 11.8 Å². The van der Waals surface area contributed by atoms with Crippen LogP contribution in [0.4, 0.5) is 5.69 Å². The molecule has 3 heterocycles. The molecule has 43 heavy (non-hydrogen) atoms. The number of hydrogen-bond acceptors (Lipinski definition) is 9. The number of anilines is 1. The van der Waals surface area contributed by atoms with Crippen molar-refractivity contribution in [1.29, 1.82) is 0 Å². The third kappa shape index (κ3) is 4.50. The second-order valence-electron chi connectivity index (χ2n) is 11.3. The van der Waals surface area contributed by atoms with Crippen LogP contribution in [-0.2, 0) is 19.1 Å². The third-order valence-corrected chi connectivity index (χ3v) is 11.9. The van der Waals surface area contributed by atoms with E-state index >= 15 is 0 Å². The highest BCUT2D eigenvalue weighted by Crippen LogP contribution is 2.68. The molecule has 3 aromatic rings. The van der Waals surface area contributed by atoms with Gasteiger partial charge >= 0.3 is 10.8 Å². The molecule has 3 amide bonds. The molecule has 2 saturated carbocycles. The van der Waals surface area contributed by atoms with Crippen LogP contribution in [0.5, 0.6) is 5.75 Å². The fourth-order valence-electron chi connectivity index (χ4n) is 7.67. The smallest absolute Gasteiger partial charge is 0.338 e. The van der Waals surface area contributed by atoms with Gasteiger partial charge < -0.3 is 19.8 Å². The number of methoxy groups -OCH3 is 1. The van der Waals surface area contributed by atoms with Crippen LogP contribution in [0.1, 0.15) is 40.1 Å². The topological polar surface area (TPSA) is 135 Å². The molecule has 222 valence electrons. The van der Waals surface area contributed by atoms with Crippen molar-refractivity contribution < 1.29 is 28.7 Å². The van der Waals surface area contributed by atoms with Crippen LogP contribution in [0.15, 0.2) is 58.4 Å². The lowest BCUT2D eigenvalue weighted by atomic mass is 9.68. The quantitative estimate of drug-likeness (QED) is 0.302. The predicted octanol–water partition coefficient (Wildman–Crippen LogP) is 3.73. The van der Waals surface area contributed by atoms with E-state index in [1.54, 1.807) is 50.1 Å². The van der Waals surface area contributed by atoms with Crippen molar-refractivity contribution in [1.82, 2.24) is 9.88 Å². The Labute approximate surface area is 255 Å². The van der Waals surface area contributed by atoms with Crippen molar-refractivity contribution in [3.63, 3.8) is 0 Å². The maximum Gasteiger partial charge on any atom is 0.338 e. The minimum Gasteiger partial charge on any atom is -0.497 e. The van der Waals surface area contributed by atoms with Crippen molar-refractivity contribution in [2.45, 2.75) is 29.5 Å². The minimum atomic E-state index is -0.486. The SMILES string of the molecule is CCOC(=O)c1ccc(NC(=O)CN2C(=O)C3C4CC(C3C2=O)C2C(c3ccc(OC)cc3)c3sc(=O)[nH]c3SC42)cc1. The van der Waals surface area contributed by atoms with Crippen LogP contribution >= 0.6 is 23.1 Å². The number of nitrogens with zero attached hydrogens (tertiary/aromatic N) is 1. The molecule has 0 spiro atoms. The molecule has 10 nitrogen and oxygen atoms in total. The first-order valence-electron chi connectivity index (χ1n) is 14.2. The Morgan fingerprint density at radius 3 is 2.37 bits per heavy atom. The van der Waals surface area contributed by atoms with Gasteiger partial charge in [0.05, 0.1) is 36.1 Å². The number of thiazole rings is 1. The highest BCUT2D eigenvalue weighted by molar-refractivity contribution is 8.00. The summed E-state index contributed by atoms with van der Waals surface area (Å²) in [5, 5.41) is 3.65. The minimum absolute atomic E-state index is 0.0257. The summed E-state index contributed by atoms with van der Waals surface area (Å²) in [6, 6.07) is 14.1. The second-order valence-corrected chi connectivity index (χ2v) is 13.5. The Morgan fingerprint density at radius 1 is 1.00 bits per heavy atom. The highest BCUT2D eigenvalue weighted by Gasteiger charge is 2.69. The van der Waals surface area contributed by atoms with E-state index in [-0.39, 0.29) is 58.8 Å². The lowest BCUT2D eigenvalue weighted by Gasteiger charge is -2.43. The van der Waals surface area contributed by atoms with Gasteiger partial charge in [-0.2, -0.15) is 0 Å². The van der Waals surface area contributed by atoms with Gasteiger partial charge in [-0.05, 0) is 73.1 Å². The van der Waals surface area contributed by atoms with Crippen molar-refractivity contribution in [3.8, 4) is 5.75 Å². The average Bonchev–Trinajstić information content (AvgIpc) is 3.74. The Balaban J connectivity index is 1.12. The molecule has 4 aliphatic rings. The average molecular weight is 620 g/mol. The molecule has 7 atom stereocenters. The summed E-state index contributed by atoms with van der Waals surface area (Å²) >= 11 is 2.85. The number of rotatable bonds is 7. The van der Waals surface area contributed by atoms with Gasteiger partial charge in [-0.3, -0.25) is 24.1 Å². The first-order valence-corrected chi connectivity index (χ1v) is 15.9. The first kappa shape index (κ1) is 27.9. The van der Waals surface area contributed by atoms with E-state index in [9.17, 15) is 24.0 Å². The Bertz CT molecular complexity index is 1680. The van der Waals surface area contributed by atoms with E-state index < -0.39 is 23.7 Å². The summed E-state index contributed by atoms with van der Waals surface area (Å²) < 4.78 is 10.3. The van der Waals surface area contributed by atoms with Crippen LogP contribution < -0.4 is 14.9 Å². The molecule has 2 bridgehead atoms. The number of fused-ring (bicyclic) bond motifs is 9. The summed E-state index contributed by atoms with van der Waals surface area (Å²) in [7, 11) is 1.62. The number of amides is 3. The lowest BCUT2D eigenvalue weighted by Crippen LogP contribution is -2.42. The fraction of sp³-hybridized carbons (Fsp3) is 0.387. The number of aromatic nitrogens is 1. The van der Waals surface area contributed by atoms with Gasteiger partial charge in [0.15, 0.2) is 0 Å². The molecule has 7 unspecified atom stereocenters. The van der Waals surface area contributed by atoms with Gasteiger partial charge in [0.25, 0.3) is 0 Å². The number of esters is 1. The monoisotopic (exact) mass is 619 g/mol. The molecular weight excluding hydrogens is 590 g/mol. The van der Waals surface area contributed by atoms with E-state index in [4.69, 9.17) is 9.47 Å². The number of imide groups is 1. The number of benzene rings is 2. The van der Waals surface area contributed by atoms with Gasteiger partial charge in [0, 0.05) is 21.7 Å². The molecule has 1 saturated heterocycles. The number of carbonyl (C=O) groups excluding carboxylic acids is 4. The predicted molar refractivity (Wildman–Crippen MR) is 159 cm³/mol. The van der Waals surface area contributed by atoms with E-state index in [1.807, 2.05) is 24.3 Å². The zero-order chi connectivity index (χ0) is 30.0. The number of H-pyrrole nitrogens is 1. The zero-order valence-corrected chi connectivity index (χ0v) is 25.0. The summed E-state index contributed by atoms with van der Waals surface area (Å²) in [6.45, 7) is 1.62. The number of aromatic amines is 1. The van der Waals surface area contributed by atoms with Crippen LogP contribution in [0.25, 0.3) is 0 Å².